The number of Topliss-reactive ketones (excluding diaryl/α,β-unsaturated/α-hetero) is 1. The normalized spacial score (nSPS) is 17.9. The van der Waals surface area contributed by atoms with Crippen molar-refractivity contribution >= 4 is 40.6 Å². The van der Waals surface area contributed by atoms with Gasteiger partial charge in [0.25, 0.3) is 5.91 Å². The van der Waals surface area contributed by atoms with E-state index in [1.807, 2.05) is 19.1 Å². The zero-order valence-electron chi connectivity index (χ0n) is 16.2. The number of benzene rings is 3. The number of aliphatic hydroxyl groups is 1. The molecule has 1 aliphatic rings. The number of aryl methyl sites for hydroxylation is 1. The maximum absolute atomic E-state index is 13.3. The van der Waals surface area contributed by atoms with Crippen molar-refractivity contribution in [1.82, 2.24) is 0 Å². The number of carbonyl (C=O) groups is 2. The number of hydrogen-bond donors (Lipinski definition) is 1. The van der Waals surface area contributed by atoms with Gasteiger partial charge in [-0.15, -0.1) is 0 Å². The van der Waals surface area contributed by atoms with E-state index in [-0.39, 0.29) is 18.7 Å². The third kappa shape index (κ3) is 3.63. The monoisotopic (exact) mass is 439 g/mol. The molecule has 0 saturated heterocycles. The Morgan fingerprint density at radius 2 is 1.70 bits per heavy atom. The first-order valence-electron chi connectivity index (χ1n) is 9.47. The average Bonchev–Trinajstić information content (AvgIpc) is 2.93. The van der Waals surface area contributed by atoms with Crippen molar-refractivity contribution in [2.45, 2.75) is 25.5 Å². The average molecular weight is 440 g/mol. The fourth-order valence-electron chi connectivity index (χ4n) is 3.73. The molecule has 4 nitrogen and oxygen atoms in total. The summed E-state index contributed by atoms with van der Waals surface area (Å²) >= 11 is 12.1. The Balaban J connectivity index is 1.67. The molecule has 3 aromatic carbocycles. The lowest BCUT2D eigenvalue weighted by Crippen LogP contribution is -2.41. The Bertz CT molecular complexity index is 1140. The summed E-state index contributed by atoms with van der Waals surface area (Å²) in [7, 11) is 0. The molecule has 6 heteroatoms. The van der Waals surface area contributed by atoms with Crippen LogP contribution in [-0.4, -0.2) is 16.8 Å². The quantitative estimate of drug-likeness (QED) is 0.548. The van der Waals surface area contributed by atoms with Crippen LogP contribution in [0.2, 0.25) is 10.0 Å². The van der Waals surface area contributed by atoms with E-state index in [9.17, 15) is 14.7 Å². The second-order valence-corrected chi connectivity index (χ2v) is 8.30. The Labute approximate surface area is 184 Å². The van der Waals surface area contributed by atoms with E-state index in [1.54, 1.807) is 54.6 Å². The number of anilines is 1. The Hall–Kier alpha value is -2.66. The van der Waals surface area contributed by atoms with Crippen molar-refractivity contribution in [3.63, 3.8) is 0 Å². The van der Waals surface area contributed by atoms with Gasteiger partial charge in [0, 0.05) is 11.1 Å². The van der Waals surface area contributed by atoms with Crippen LogP contribution < -0.4 is 4.90 Å². The van der Waals surface area contributed by atoms with Crippen LogP contribution in [0.5, 0.6) is 0 Å². The maximum atomic E-state index is 13.3. The second kappa shape index (κ2) is 7.88. The highest BCUT2D eigenvalue weighted by molar-refractivity contribution is 6.42. The van der Waals surface area contributed by atoms with Crippen molar-refractivity contribution in [2.24, 2.45) is 0 Å². The van der Waals surface area contributed by atoms with Crippen molar-refractivity contribution in [3.05, 3.63) is 99.0 Å². The fraction of sp³-hybridized carbons (Fsp3) is 0.167. The first kappa shape index (κ1) is 20.6. The molecule has 0 bridgehead atoms. The largest absolute Gasteiger partial charge is 0.375 e. The lowest BCUT2D eigenvalue weighted by molar-refractivity contribution is -0.136. The van der Waals surface area contributed by atoms with E-state index in [0.717, 1.165) is 11.1 Å². The number of rotatable bonds is 5. The second-order valence-electron chi connectivity index (χ2n) is 7.48. The molecule has 0 unspecified atom stereocenters. The van der Waals surface area contributed by atoms with Crippen molar-refractivity contribution in [1.29, 1.82) is 0 Å². The molecule has 3 aromatic rings. The Morgan fingerprint density at radius 3 is 2.40 bits per heavy atom. The molecule has 1 heterocycles. The molecule has 0 radical (unpaired) electrons. The topological polar surface area (TPSA) is 57.6 Å². The van der Waals surface area contributed by atoms with Crippen molar-refractivity contribution in [2.75, 3.05) is 4.90 Å². The van der Waals surface area contributed by atoms with Gasteiger partial charge >= 0.3 is 0 Å². The minimum Gasteiger partial charge on any atom is -0.375 e. The molecule has 1 amide bonds. The Kier molecular flexibility index (Phi) is 5.41. The van der Waals surface area contributed by atoms with E-state index in [2.05, 4.69) is 0 Å². The highest BCUT2D eigenvalue weighted by Gasteiger charge is 2.50. The van der Waals surface area contributed by atoms with E-state index >= 15 is 0 Å². The number of carbonyl (C=O) groups excluding carboxylic acids is 2. The number of amides is 1. The highest BCUT2D eigenvalue weighted by Crippen LogP contribution is 2.43. The minimum atomic E-state index is -1.92. The van der Waals surface area contributed by atoms with E-state index in [4.69, 9.17) is 23.2 Å². The molecule has 1 N–H and O–H groups in total. The summed E-state index contributed by atoms with van der Waals surface area (Å²) in [6.07, 6.45) is -0.330. The number of para-hydroxylation sites is 1. The van der Waals surface area contributed by atoms with Gasteiger partial charge in [-0.2, -0.15) is 0 Å². The van der Waals surface area contributed by atoms with Gasteiger partial charge in [0.15, 0.2) is 11.4 Å². The number of fused-ring (bicyclic) bond motifs is 1. The molecule has 1 atom stereocenters. The number of halogens is 2. The van der Waals surface area contributed by atoms with Gasteiger partial charge in [-0.3, -0.25) is 9.59 Å². The summed E-state index contributed by atoms with van der Waals surface area (Å²) in [5.74, 6) is -0.827. The molecule has 4 rings (SSSR count). The molecular weight excluding hydrogens is 421 g/mol. The molecule has 152 valence electrons. The summed E-state index contributed by atoms with van der Waals surface area (Å²) in [6, 6.07) is 19.2. The minimum absolute atomic E-state index is 0.202. The molecular formula is C24H19Cl2NO3. The SMILES string of the molecule is Cc1ccc(C(=O)C[C@]2(O)C(=O)N(Cc3ccc(Cl)c(Cl)c3)c3ccccc32)cc1. The summed E-state index contributed by atoms with van der Waals surface area (Å²) in [6.45, 7) is 2.13. The van der Waals surface area contributed by atoms with Gasteiger partial charge in [-0.05, 0) is 30.7 Å². The molecule has 0 spiro atoms. The van der Waals surface area contributed by atoms with Gasteiger partial charge in [0.2, 0.25) is 0 Å². The molecule has 0 fully saturated rings. The number of hydrogen-bond acceptors (Lipinski definition) is 3. The van der Waals surface area contributed by atoms with E-state index in [0.29, 0.717) is 26.9 Å². The summed E-state index contributed by atoms with van der Waals surface area (Å²) < 4.78 is 0. The van der Waals surface area contributed by atoms with Crippen LogP contribution in [0.25, 0.3) is 0 Å². The Morgan fingerprint density at radius 1 is 1.00 bits per heavy atom. The third-order valence-electron chi connectivity index (χ3n) is 5.35. The lowest BCUT2D eigenvalue weighted by Gasteiger charge is -2.23. The van der Waals surface area contributed by atoms with Crippen LogP contribution >= 0.6 is 23.2 Å². The van der Waals surface area contributed by atoms with Crippen LogP contribution in [0.3, 0.4) is 0 Å². The molecule has 30 heavy (non-hydrogen) atoms. The zero-order chi connectivity index (χ0) is 21.5. The van der Waals surface area contributed by atoms with Crippen LogP contribution in [0.1, 0.15) is 33.5 Å². The smallest absolute Gasteiger partial charge is 0.264 e. The molecule has 0 saturated carbocycles. The zero-order valence-corrected chi connectivity index (χ0v) is 17.7. The van der Waals surface area contributed by atoms with Crippen LogP contribution in [0.15, 0.2) is 66.7 Å². The van der Waals surface area contributed by atoms with E-state index in [1.165, 1.54) is 4.90 Å². The molecule has 0 aliphatic carbocycles. The van der Waals surface area contributed by atoms with Crippen LogP contribution in [-0.2, 0) is 16.9 Å². The van der Waals surface area contributed by atoms with Crippen LogP contribution in [0, 0.1) is 6.92 Å². The van der Waals surface area contributed by atoms with Gasteiger partial charge in [0.1, 0.15) is 0 Å². The number of nitrogens with zero attached hydrogens (tertiary/aromatic N) is 1. The highest BCUT2D eigenvalue weighted by atomic mass is 35.5. The summed E-state index contributed by atoms with van der Waals surface area (Å²) in [4.78, 5) is 27.7. The first-order valence-corrected chi connectivity index (χ1v) is 10.2. The molecule has 1 aliphatic heterocycles. The number of ketones is 1. The van der Waals surface area contributed by atoms with Gasteiger partial charge in [-0.1, -0.05) is 77.3 Å². The van der Waals surface area contributed by atoms with Gasteiger partial charge < -0.3 is 10.0 Å². The van der Waals surface area contributed by atoms with E-state index < -0.39 is 11.5 Å². The van der Waals surface area contributed by atoms with Gasteiger partial charge in [0.05, 0.1) is 28.7 Å². The van der Waals surface area contributed by atoms with Crippen molar-refractivity contribution < 1.29 is 14.7 Å². The standard InChI is InChI=1S/C24H19Cl2NO3/c1-15-6-9-17(10-7-15)22(28)13-24(30)18-4-2-3-5-21(18)27(23(24)29)14-16-8-11-19(25)20(26)12-16/h2-12,30H,13-14H2,1H3/t24-/m1/s1. The lowest BCUT2D eigenvalue weighted by atomic mass is 9.88. The van der Waals surface area contributed by atoms with Gasteiger partial charge in [-0.25, -0.2) is 0 Å². The predicted molar refractivity (Wildman–Crippen MR) is 118 cm³/mol. The summed E-state index contributed by atoms with van der Waals surface area (Å²) in [5.41, 5.74) is 1.34. The van der Waals surface area contributed by atoms with Crippen LogP contribution in [0.4, 0.5) is 5.69 Å². The van der Waals surface area contributed by atoms with Crippen molar-refractivity contribution in [3.8, 4) is 0 Å². The molecule has 0 aromatic heterocycles. The maximum Gasteiger partial charge on any atom is 0.264 e. The summed E-state index contributed by atoms with van der Waals surface area (Å²) in [5, 5.41) is 12.2. The fourth-order valence-corrected chi connectivity index (χ4v) is 4.05. The third-order valence-corrected chi connectivity index (χ3v) is 6.09. The predicted octanol–water partition coefficient (Wildman–Crippen LogP) is 5.31. The first-order chi connectivity index (χ1) is 14.3.